The molecule has 1 atom stereocenters. The third kappa shape index (κ3) is 7.57. The monoisotopic (exact) mass is 635 g/mol. The number of nitrogens with one attached hydrogen (secondary N) is 2. The maximum atomic E-state index is 13.2. The molecule has 12 nitrogen and oxygen atoms in total. The molecule has 0 fully saturated rings. The van der Waals surface area contributed by atoms with Crippen LogP contribution in [0.5, 0.6) is 0 Å². The van der Waals surface area contributed by atoms with Crippen LogP contribution >= 0.6 is 34.5 Å². The molecule has 2 aromatic carbocycles. The van der Waals surface area contributed by atoms with E-state index in [-0.39, 0.29) is 11.1 Å². The number of methoxy groups -OCH3 is 1. The molecular formula is C28H23Cl2N9O3S. The first-order chi connectivity index (χ1) is 20.8. The number of aromatic nitrogens is 7. The van der Waals surface area contributed by atoms with Crippen molar-refractivity contribution in [2.45, 2.75) is 19.4 Å². The Balaban J connectivity index is 1.42. The zero-order valence-electron chi connectivity index (χ0n) is 22.7. The molecule has 218 valence electrons. The molecule has 2 N–H and O–H groups in total. The van der Waals surface area contributed by atoms with Crippen LogP contribution in [-0.4, -0.2) is 54.5 Å². The summed E-state index contributed by atoms with van der Waals surface area (Å²) in [7, 11) is 1.29. The Kier molecular flexibility index (Phi) is 9.35. The van der Waals surface area contributed by atoms with Gasteiger partial charge in [0.1, 0.15) is 6.33 Å². The summed E-state index contributed by atoms with van der Waals surface area (Å²) in [5, 5.41) is 28.8. The summed E-state index contributed by atoms with van der Waals surface area (Å²) in [4.78, 5) is 29.3. The van der Waals surface area contributed by atoms with Crippen molar-refractivity contribution < 1.29 is 14.3 Å². The smallest absolute Gasteiger partial charge is 0.411 e. The van der Waals surface area contributed by atoms with Crippen LogP contribution in [0, 0.1) is 6.92 Å². The first-order valence-corrected chi connectivity index (χ1v) is 14.3. The summed E-state index contributed by atoms with van der Waals surface area (Å²) in [5.74, 6) is -0.377. The van der Waals surface area contributed by atoms with Crippen LogP contribution in [0.4, 0.5) is 10.5 Å². The first kappa shape index (κ1) is 29.8. The third-order valence-corrected chi connectivity index (χ3v) is 7.62. The van der Waals surface area contributed by atoms with Gasteiger partial charge in [0.2, 0.25) is 5.91 Å². The number of ether oxygens (including phenoxy) is 1. The number of amides is 2. The molecule has 5 rings (SSSR count). The second kappa shape index (κ2) is 13.5. The molecule has 3 heterocycles. The highest BCUT2D eigenvalue weighted by Crippen LogP contribution is 2.30. The van der Waals surface area contributed by atoms with E-state index < -0.39 is 12.1 Å². The van der Waals surface area contributed by atoms with Gasteiger partial charge in [0.15, 0.2) is 5.15 Å². The van der Waals surface area contributed by atoms with Crippen molar-refractivity contribution in [3.63, 3.8) is 0 Å². The van der Waals surface area contributed by atoms with Crippen molar-refractivity contribution >= 4 is 58.3 Å². The van der Waals surface area contributed by atoms with Gasteiger partial charge in [-0.25, -0.2) is 9.78 Å². The van der Waals surface area contributed by atoms with Crippen LogP contribution in [0.15, 0.2) is 66.3 Å². The van der Waals surface area contributed by atoms with Gasteiger partial charge >= 0.3 is 6.09 Å². The lowest BCUT2D eigenvalue weighted by molar-refractivity contribution is -0.117. The number of carbonyl (C=O) groups is 2. The van der Waals surface area contributed by atoms with Crippen molar-refractivity contribution in [3.8, 4) is 16.8 Å². The van der Waals surface area contributed by atoms with E-state index in [1.54, 1.807) is 54.6 Å². The van der Waals surface area contributed by atoms with Gasteiger partial charge in [-0.3, -0.25) is 10.1 Å². The molecule has 0 radical (unpaired) electrons. The minimum Gasteiger partial charge on any atom is -0.453 e. The maximum absolute atomic E-state index is 13.2. The van der Waals surface area contributed by atoms with Crippen molar-refractivity contribution in [1.29, 1.82) is 0 Å². The van der Waals surface area contributed by atoms with Crippen LogP contribution in [-0.2, 0) is 16.0 Å². The molecule has 0 aliphatic heterocycles. The topological polar surface area (TPSA) is 150 Å². The number of aryl methyl sites for hydroxylation is 1. The van der Waals surface area contributed by atoms with Gasteiger partial charge in [0.05, 0.1) is 29.5 Å². The van der Waals surface area contributed by atoms with E-state index in [9.17, 15) is 9.59 Å². The summed E-state index contributed by atoms with van der Waals surface area (Å²) < 4.78 is 6.11. The fraction of sp³-hybridized carbons (Fsp3) is 0.143. The van der Waals surface area contributed by atoms with Gasteiger partial charge in [0, 0.05) is 45.4 Å². The summed E-state index contributed by atoms with van der Waals surface area (Å²) in [5.41, 5.74) is 4.55. The number of hydrogen-bond acceptors (Lipinski definition) is 10. The Labute approximate surface area is 259 Å². The lowest BCUT2D eigenvalue weighted by Crippen LogP contribution is -2.29. The van der Waals surface area contributed by atoms with E-state index in [1.165, 1.54) is 35.5 Å². The largest absolute Gasteiger partial charge is 0.453 e. The molecule has 0 saturated heterocycles. The molecule has 0 saturated carbocycles. The van der Waals surface area contributed by atoms with Crippen molar-refractivity contribution in [3.05, 3.63) is 98.4 Å². The highest BCUT2D eigenvalue weighted by atomic mass is 35.5. The quantitative estimate of drug-likeness (QED) is 0.201. The fourth-order valence-corrected chi connectivity index (χ4v) is 5.29. The number of halogens is 2. The minimum atomic E-state index is -0.579. The molecule has 1 unspecified atom stereocenters. The number of thiazole rings is 1. The first-order valence-electron chi connectivity index (χ1n) is 12.7. The predicted molar refractivity (Wildman–Crippen MR) is 163 cm³/mol. The van der Waals surface area contributed by atoms with E-state index in [2.05, 4.69) is 46.1 Å². The Hall–Kier alpha value is -4.72. The summed E-state index contributed by atoms with van der Waals surface area (Å²) in [6.07, 6.45) is 4.28. The van der Waals surface area contributed by atoms with Gasteiger partial charge in [0.25, 0.3) is 0 Å². The van der Waals surface area contributed by atoms with E-state index in [4.69, 9.17) is 23.2 Å². The average Bonchev–Trinajstić information content (AvgIpc) is 3.68. The van der Waals surface area contributed by atoms with Gasteiger partial charge in [-0.2, -0.15) is 9.78 Å². The summed E-state index contributed by atoms with van der Waals surface area (Å²) in [6.45, 7) is 1.91. The van der Waals surface area contributed by atoms with E-state index in [1.807, 2.05) is 12.3 Å². The second-order valence-corrected chi connectivity index (χ2v) is 10.8. The van der Waals surface area contributed by atoms with Crippen LogP contribution in [0.2, 0.25) is 10.2 Å². The van der Waals surface area contributed by atoms with Crippen molar-refractivity contribution in [1.82, 2.24) is 40.7 Å². The molecule has 0 spiro atoms. The summed E-state index contributed by atoms with van der Waals surface area (Å²) in [6, 6.07) is 13.4. The molecule has 0 aliphatic rings. The minimum absolute atomic E-state index is 0.184. The molecule has 15 heteroatoms. The van der Waals surface area contributed by atoms with Crippen LogP contribution in [0.1, 0.15) is 28.0 Å². The highest BCUT2D eigenvalue weighted by Gasteiger charge is 2.21. The van der Waals surface area contributed by atoms with Crippen LogP contribution in [0.3, 0.4) is 0 Å². The lowest BCUT2D eigenvalue weighted by atomic mass is 10.0. The van der Waals surface area contributed by atoms with E-state index >= 15 is 0 Å². The normalized spacial score (nSPS) is 11.8. The highest BCUT2D eigenvalue weighted by molar-refractivity contribution is 7.09. The van der Waals surface area contributed by atoms with Crippen LogP contribution in [0.25, 0.3) is 22.9 Å². The molecule has 2 amide bonds. The number of tetrazole rings is 1. The standard InChI is InChI=1S/C28H23Cl2N9O3S/c1-16-14-43-26(32-16)13-22(34-25(40)10-5-18-11-19(29)6-9-24(18)39-15-31-37-38-39)23-12-21(27(30)36-35-23)17-3-7-20(8-4-17)33-28(41)42-2/h3-12,14-15,22H,13H2,1-2H3,(H,33,41)(H,34,40)/b10-5+. The average molecular weight is 637 g/mol. The second-order valence-electron chi connectivity index (χ2n) is 9.11. The van der Waals surface area contributed by atoms with Crippen LogP contribution < -0.4 is 10.6 Å². The molecule has 0 aliphatic carbocycles. The van der Waals surface area contributed by atoms with Gasteiger partial charge in [-0.1, -0.05) is 35.3 Å². The van der Waals surface area contributed by atoms with E-state index in [0.29, 0.717) is 39.6 Å². The lowest BCUT2D eigenvalue weighted by Gasteiger charge is -2.17. The van der Waals surface area contributed by atoms with Crippen molar-refractivity contribution in [2.24, 2.45) is 0 Å². The molecule has 3 aromatic heterocycles. The number of hydrogen-bond donors (Lipinski definition) is 2. The predicted octanol–water partition coefficient (Wildman–Crippen LogP) is 5.48. The Morgan fingerprint density at radius 2 is 1.93 bits per heavy atom. The molecular weight excluding hydrogens is 613 g/mol. The van der Waals surface area contributed by atoms with Gasteiger partial charge in [-0.05, 0) is 65.4 Å². The number of carbonyl (C=O) groups excluding carboxylic acids is 2. The molecule has 0 bridgehead atoms. The summed E-state index contributed by atoms with van der Waals surface area (Å²) >= 11 is 14.1. The Bertz CT molecular complexity index is 1780. The van der Waals surface area contributed by atoms with Crippen molar-refractivity contribution in [2.75, 3.05) is 12.4 Å². The Morgan fingerprint density at radius 3 is 2.63 bits per heavy atom. The molecule has 43 heavy (non-hydrogen) atoms. The number of benzene rings is 2. The fourth-order valence-electron chi connectivity index (χ4n) is 4.09. The number of anilines is 1. The third-order valence-electron chi connectivity index (χ3n) is 6.11. The number of rotatable bonds is 9. The maximum Gasteiger partial charge on any atom is 0.411 e. The van der Waals surface area contributed by atoms with E-state index in [0.717, 1.165) is 16.3 Å². The van der Waals surface area contributed by atoms with Gasteiger partial charge in [-0.15, -0.1) is 21.5 Å². The zero-order chi connectivity index (χ0) is 30.3. The zero-order valence-corrected chi connectivity index (χ0v) is 25.1. The number of nitrogens with zero attached hydrogens (tertiary/aromatic N) is 7. The van der Waals surface area contributed by atoms with Gasteiger partial charge < -0.3 is 10.1 Å². The SMILES string of the molecule is COC(=O)Nc1ccc(-c2cc(C(Cc3nc(C)cs3)NC(=O)/C=C/c3cc(Cl)ccc3-n3cnnn3)nnc2Cl)cc1. The molecule has 5 aromatic rings. The Morgan fingerprint density at radius 1 is 1.12 bits per heavy atom.